The van der Waals surface area contributed by atoms with E-state index in [-0.39, 0.29) is 6.04 Å². The van der Waals surface area contributed by atoms with Gasteiger partial charge in [-0.05, 0) is 61.1 Å². The van der Waals surface area contributed by atoms with Crippen LogP contribution in [0.1, 0.15) is 25.7 Å². The molecule has 2 aromatic heterocycles. The Labute approximate surface area is 175 Å². The van der Waals surface area contributed by atoms with Crippen LogP contribution in [0.15, 0.2) is 42.6 Å². The van der Waals surface area contributed by atoms with Crippen LogP contribution in [-0.4, -0.2) is 48.2 Å². The summed E-state index contributed by atoms with van der Waals surface area (Å²) in [5.41, 5.74) is 3.11. The fourth-order valence-electron chi connectivity index (χ4n) is 3.93. The van der Waals surface area contributed by atoms with Gasteiger partial charge in [-0.15, -0.1) is 0 Å². The highest BCUT2D eigenvalue weighted by Gasteiger charge is 2.30. The van der Waals surface area contributed by atoms with Crippen molar-refractivity contribution in [3.63, 3.8) is 0 Å². The number of hydrogen-bond acceptors (Lipinski definition) is 4. The molecule has 9 heteroatoms. The molecule has 1 aromatic carbocycles. The molecule has 3 heterocycles. The topological polar surface area (TPSA) is 98.4 Å². The Bertz CT molecular complexity index is 1180. The zero-order valence-corrected chi connectivity index (χ0v) is 17.2. The summed E-state index contributed by atoms with van der Waals surface area (Å²) < 4.78 is 29.1. The summed E-state index contributed by atoms with van der Waals surface area (Å²) >= 11 is 0. The molecular weight excluding hydrogens is 402 g/mol. The fraction of sp³-hybridized carbons (Fsp3) is 0.333. The molecule has 3 aromatic rings. The van der Waals surface area contributed by atoms with Crippen LogP contribution in [-0.2, 0) is 15.0 Å². The van der Waals surface area contributed by atoms with Gasteiger partial charge in [0.2, 0.25) is 6.41 Å². The van der Waals surface area contributed by atoms with Gasteiger partial charge in [-0.2, -0.15) is 12.7 Å². The number of carbonyl (C=O) groups is 1. The van der Waals surface area contributed by atoms with Crippen LogP contribution < -0.4 is 9.62 Å². The third kappa shape index (κ3) is 3.54. The second-order valence-corrected chi connectivity index (χ2v) is 9.47. The van der Waals surface area contributed by atoms with Crippen LogP contribution in [0.2, 0.25) is 0 Å². The number of rotatable bonds is 7. The third-order valence-corrected chi connectivity index (χ3v) is 7.22. The van der Waals surface area contributed by atoms with Crippen molar-refractivity contribution < 1.29 is 13.2 Å². The molecule has 2 aliphatic rings. The van der Waals surface area contributed by atoms with E-state index < -0.39 is 10.2 Å². The number of benzene rings is 1. The SMILES string of the molecule is O=CN(c1cc(-c2ccc(NS(=O)(=O)N3CCCC3)cc2)c2cc[nH]c2n1)C1CC1. The fourth-order valence-corrected chi connectivity index (χ4v) is 5.24. The Hall–Kier alpha value is -2.91. The second-order valence-electron chi connectivity index (χ2n) is 7.80. The Morgan fingerprint density at radius 2 is 1.87 bits per heavy atom. The number of fused-ring (bicyclic) bond motifs is 1. The van der Waals surface area contributed by atoms with E-state index in [1.165, 1.54) is 4.31 Å². The molecule has 156 valence electrons. The van der Waals surface area contributed by atoms with Crippen molar-refractivity contribution in [3.05, 3.63) is 42.6 Å². The molecular formula is C21H23N5O3S. The number of pyridine rings is 1. The molecule has 0 radical (unpaired) electrons. The number of hydrogen-bond donors (Lipinski definition) is 2. The van der Waals surface area contributed by atoms with E-state index in [2.05, 4.69) is 14.7 Å². The molecule has 0 atom stereocenters. The first-order chi connectivity index (χ1) is 14.5. The number of aromatic nitrogens is 2. The summed E-state index contributed by atoms with van der Waals surface area (Å²) in [7, 11) is -3.52. The molecule has 1 amide bonds. The Kier molecular flexibility index (Phi) is 4.71. The summed E-state index contributed by atoms with van der Waals surface area (Å²) in [6.45, 7) is 1.12. The van der Waals surface area contributed by atoms with Crippen LogP contribution >= 0.6 is 0 Å². The first-order valence-electron chi connectivity index (χ1n) is 10.2. The molecule has 1 saturated carbocycles. The van der Waals surface area contributed by atoms with Crippen molar-refractivity contribution in [3.8, 4) is 11.1 Å². The molecule has 1 aliphatic carbocycles. The number of amides is 1. The lowest BCUT2D eigenvalue weighted by molar-refractivity contribution is -0.107. The van der Waals surface area contributed by atoms with Gasteiger partial charge < -0.3 is 4.98 Å². The van der Waals surface area contributed by atoms with Gasteiger partial charge in [0.25, 0.3) is 0 Å². The highest BCUT2D eigenvalue weighted by atomic mass is 32.2. The predicted molar refractivity (Wildman–Crippen MR) is 116 cm³/mol. The van der Waals surface area contributed by atoms with Crippen molar-refractivity contribution in [1.29, 1.82) is 0 Å². The van der Waals surface area contributed by atoms with Gasteiger partial charge in [0, 0.05) is 36.4 Å². The van der Waals surface area contributed by atoms with E-state index in [1.807, 2.05) is 30.5 Å². The van der Waals surface area contributed by atoms with Gasteiger partial charge >= 0.3 is 10.2 Å². The number of anilines is 2. The van der Waals surface area contributed by atoms with Crippen LogP contribution in [0.25, 0.3) is 22.2 Å². The largest absolute Gasteiger partial charge is 0.346 e. The highest BCUT2D eigenvalue weighted by Crippen LogP contribution is 2.35. The van der Waals surface area contributed by atoms with Crippen molar-refractivity contribution in [1.82, 2.24) is 14.3 Å². The molecule has 0 unspecified atom stereocenters. The second kappa shape index (κ2) is 7.41. The van der Waals surface area contributed by atoms with Crippen molar-refractivity contribution >= 4 is 39.2 Å². The smallest absolute Gasteiger partial charge is 0.301 e. The Balaban J connectivity index is 1.46. The monoisotopic (exact) mass is 425 g/mol. The van der Waals surface area contributed by atoms with Gasteiger partial charge in [-0.25, -0.2) is 4.98 Å². The highest BCUT2D eigenvalue weighted by molar-refractivity contribution is 7.90. The standard InChI is InChI=1S/C21H23N5O3S/c27-14-26(17-7-8-17)20-13-19(18-9-10-22-21(18)23-20)15-3-5-16(6-4-15)24-30(28,29)25-11-1-2-12-25/h3-6,9-10,13-14,17,24H,1-2,7-8,11-12H2,(H,22,23). The summed E-state index contributed by atoms with van der Waals surface area (Å²) in [6.07, 6.45) is 6.44. The van der Waals surface area contributed by atoms with Gasteiger partial charge in [0.05, 0.1) is 0 Å². The minimum Gasteiger partial charge on any atom is -0.346 e. The van der Waals surface area contributed by atoms with Crippen LogP contribution in [0.5, 0.6) is 0 Å². The first kappa shape index (κ1) is 19.1. The van der Waals surface area contributed by atoms with Gasteiger partial charge in [0.15, 0.2) is 0 Å². The lowest BCUT2D eigenvalue weighted by Gasteiger charge is -2.18. The summed E-state index contributed by atoms with van der Waals surface area (Å²) in [4.78, 5) is 21.0. The molecule has 1 saturated heterocycles. The van der Waals surface area contributed by atoms with E-state index in [1.54, 1.807) is 17.0 Å². The van der Waals surface area contributed by atoms with Crippen LogP contribution in [0.3, 0.4) is 0 Å². The summed E-state index contributed by atoms with van der Waals surface area (Å²) in [5.74, 6) is 0.622. The number of nitrogens with one attached hydrogen (secondary N) is 2. The van der Waals surface area contributed by atoms with Gasteiger partial charge in [0.1, 0.15) is 11.5 Å². The van der Waals surface area contributed by atoms with Crippen LogP contribution in [0.4, 0.5) is 11.5 Å². The van der Waals surface area contributed by atoms with Crippen molar-refractivity contribution in [2.24, 2.45) is 0 Å². The van der Waals surface area contributed by atoms with Crippen molar-refractivity contribution in [2.45, 2.75) is 31.7 Å². The van der Waals surface area contributed by atoms with E-state index in [4.69, 9.17) is 0 Å². The molecule has 30 heavy (non-hydrogen) atoms. The third-order valence-electron chi connectivity index (χ3n) is 5.68. The van der Waals surface area contributed by atoms with Crippen LogP contribution in [0, 0.1) is 0 Å². The lowest BCUT2D eigenvalue weighted by Crippen LogP contribution is -2.33. The number of carbonyl (C=O) groups excluding carboxylic acids is 1. The molecule has 5 rings (SSSR count). The predicted octanol–water partition coefficient (Wildman–Crippen LogP) is 3.11. The summed E-state index contributed by atoms with van der Waals surface area (Å²) in [6, 6.07) is 11.4. The number of nitrogens with zero attached hydrogens (tertiary/aromatic N) is 3. The maximum Gasteiger partial charge on any atom is 0.301 e. The molecule has 2 N–H and O–H groups in total. The Morgan fingerprint density at radius 3 is 2.53 bits per heavy atom. The maximum absolute atomic E-state index is 12.5. The molecule has 2 fully saturated rings. The van der Waals surface area contributed by atoms with Crippen molar-refractivity contribution in [2.75, 3.05) is 22.7 Å². The molecule has 0 bridgehead atoms. The average Bonchev–Trinajstić information content (AvgIpc) is 3.20. The molecule has 1 aliphatic heterocycles. The van der Waals surface area contributed by atoms with Gasteiger partial charge in [-0.1, -0.05) is 12.1 Å². The zero-order chi connectivity index (χ0) is 20.7. The van der Waals surface area contributed by atoms with Gasteiger partial charge in [-0.3, -0.25) is 14.4 Å². The van der Waals surface area contributed by atoms with E-state index in [0.29, 0.717) is 30.2 Å². The quantitative estimate of drug-likeness (QED) is 0.568. The number of H-pyrrole nitrogens is 1. The number of aromatic amines is 1. The molecule has 8 nitrogen and oxygen atoms in total. The lowest BCUT2D eigenvalue weighted by atomic mass is 10.0. The van der Waals surface area contributed by atoms with E-state index in [9.17, 15) is 13.2 Å². The van der Waals surface area contributed by atoms with E-state index in [0.717, 1.165) is 48.6 Å². The minimum absolute atomic E-state index is 0.220. The first-order valence-corrected chi connectivity index (χ1v) is 11.6. The Morgan fingerprint density at radius 1 is 1.13 bits per heavy atom. The maximum atomic E-state index is 12.5. The zero-order valence-electron chi connectivity index (χ0n) is 16.4. The normalized spacial score (nSPS) is 17.3. The molecule has 0 spiro atoms. The minimum atomic E-state index is -3.52. The average molecular weight is 426 g/mol. The van der Waals surface area contributed by atoms with E-state index >= 15 is 0 Å². The summed E-state index contributed by atoms with van der Waals surface area (Å²) in [5, 5.41) is 0.950.